The average molecular weight is 356 g/mol. The van der Waals surface area contributed by atoms with Gasteiger partial charge in [-0.3, -0.25) is 4.79 Å². The van der Waals surface area contributed by atoms with Crippen molar-refractivity contribution < 1.29 is 13.2 Å². The summed E-state index contributed by atoms with van der Waals surface area (Å²) < 4.78 is 24.6. The third-order valence-corrected chi connectivity index (χ3v) is 5.00. The van der Waals surface area contributed by atoms with E-state index in [1.54, 1.807) is 0 Å². The molecule has 1 aliphatic rings. The monoisotopic (exact) mass is 356 g/mol. The molecule has 0 unspecified atom stereocenters. The molecule has 126 valence electrons. The number of benzene rings is 1. The molecule has 1 aliphatic heterocycles. The second kappa shape index (κ2) is 7.24. The number of nitrogens with one attached hydrogen (secondary N) is 2. The van der Waals surface area contributed by atoms with Gasteiger partial charge in [0.05, 0.1) is 17.6 Å². The number of sulfonamides is 1. The topological polar surface area (TPSA) is 81.8 Å². The normalized spacial score (nSPS) is 16.0. The van der Waals surface area contributed by atoms with E-state index in [2.05, 4.69) is 15.5 Å². The summed E-state index contributed by atoms with van der Waals surface area (Å²) in [6, 6.07) is 7.58. The summed E-state index contributed by atoms with van der Waals surface area (Å²) in [7, 11) is -3.15. The zero-order valence-electron chi connectivity index (χ0n) is 13.1. The quantitative estimate of drug-likeness (QED) is 0.772. The van der Waals surface area contributed by atoms with Crippen LogP contribution in [-0.4, -0.2) is 56.2 Å². The van der Waals surface area contributed by atoms with Gasteiger partial charge < -0.3 is 15.5 Å². The summed E-state index contributed by atoms with van der Waals surface area (Å²) in [6.07, 6.45) is 1.23. The summed E-state index contributed by atoms with van der Waals surface area (Å²) in [5.74, 6) is -0.234. The number of nitrogens with zero attached hydrogens (tertiary/aromatic N) is 2. The highest BCUT2D eigenvalue weighted by Crippen LogP contribution is 2.26. The summed E-state index contributed by atoms with van der Waals surface area (Å²) in [5.41, 5.74) is 1.70. The van der Waals surface area contributed by atoms with Crippen molar-refractivity contribution in [3.05, 3.63) is 24.3 Å². The molecule has 2 rings (SSSR count). The van der Waals surface area contributed by atoms with E-state index >= 15 is 0 Å². The van der Waals surface area contributed by atoms with E-state index < -0.39 is 10.0 Å². The smallest absolute Gasteiger partial charge is 0.222 e. The Kier molecular flexibility index (Phi) is 5.55. The lowest BCUT2D eigenvalue weighted by atomic mass is 10.2. The van der Waals surface area contributed by atoms with Crippen LogP contribution in [0.15, 0.2) is 24.3 Å². The van der Waals surface area contributed by atoms with Crippen molar-refractivity contribution in [3.63, 3.8) is 0 Å². The van der Waals surface area contributed by atoms with E-state index in [9.17, 15) is 13.2 Å². The van der Waals surface area contributed by atoms with Crippen molar-refractivity contribution in [3.8, 4) is 0 Å². The first kappa shape index (κ1) is 17.6. The Hall–Kier alpha value is -1.71. The molecule has 0 aliphatic carbocycles. The number of thiocarbonyl (C=S) groups is 1. The minimum atomic E-state index is -3.15. The number of anilines is 2. The van der Waals surface area contributed by atoms with Crippen LogP contribution in [0.5, 0.6) is 0 Å². The third-order valence-electron chi connectivity index (χ3n) is 3.49. The number of hydrogen-bond acceptors (Lipinski definition) is 5. The highest BCUT2D eigenvalue weighted by Gasteiger charge is 2.24. The first-order chi connectivity index (χ1) is 10.8. The lowest BCUT2D eigenvalue weighted by Gasteiger charge is -2.35. The number of amides is 1. The van der Waals surface area contributed by atoms with Gasteiger partial charge in [0.2, 0.25) is 15.9 Å². The fourth-order valence-electron chi connectivity index (χ4n) is 2.43. The van der Waals surface area contributed by atoms with Crippen LogP contribution in [0.1, 0.15) is 6.92 Å². The van der Waals surface area contributed by atoms with Crippen LogP contribution in [0.3, 0.4) is 0 Å². The lowest BCUT2D eigenvalue weighted by Crippen LogP contribution is -2.48. The maximum absolute atomic E-state index is 11.6. The van der Waals surface area contributed by atoms with Crippen molar-refractivity contribution in [1.29, 1.82) is 0 Å². The van der Waals surface area contributed by atoms with Crippen molar-refractivity contribution in [2.45, 2.75) is 6.92 Å². The maximum atomic E-state index is 11.6. The van der Waals surface area contributed by atoms with Crippen molar-refractivity contribution in [2.75, 3.05) is 42.7 Å². The number of piperazine rings is 1. The Morgan fingerprint density at radius 3 is 2.35 bits per heavy atom. The van der Waals surface area contributed by atoms with Crippen molar-refractivity contribution in [2.24, 2.45) is 0 Å². The van der Waals surface area contributed by atoms with E-state index in [1.807, 2.05) is 24.3 Å². The zero-order valence-corrected chi connectivity index (χ0v) is 14.7. The van der Waals surface area contributed by atoms with Crippen LogP contribution in [-0.2, 0) is 14.8 Å². The van der Waals surface area contributed by atoms with Crippen LogP contribution in [0.4, 0.5) is 11.4 Å². The Bertz CT molecular complexity index is 698. The van der Waals surface area contributed by atoms with E-state index in [4.69, 9.17) is 12.2 Å². The molecule has 0 radical (unpaired) electrons. The molecule has 1 aromatic rings. The molecular weight excluding hydrogens is 336 g/mol. The molecule has 1 aromatic carbocycles. The zero-order chi connectivity index (χ0) is 17.0. The molecule has 1 amide bonds. The molecule has 0 saturated carbocycles. The Labute approximate surface area is 141 Å². The van der Waals surface area contributed by atoms with Crippen molar-refractivity contribution in [1.82, 2.24) is 9.62 Å². The molecule has 1 saturated heterocycles. The summed E-state index contributed by atoms with van der Waals surface area (Å²) in [5, 5.41) is 5.77. The number of rotatable bonds is 3. The number of carbonyl (C=O) groups is 1. The fourth-order valence-corrected chi connectivity index (χ4v) is 3.51. The Morgan fingerprint density at radius 1 is 1.17 bits per heavy atom. The van der Waals surface area contributed by atoms with Gasteiger partial charge in [-0.05, 0) is 24.4 Å². The van der Waals surface area contributed by atoms with Gasteiger partial charge in [-0.1, -0.05) is 12.1 Å². The van der Waals surface area contributed by atoms with E-state index in [0.29, 0.717) is 26.2 Å². The first-order valence-corrected chi connectivity index (χ1v) is 9.40. The SMILES string of the molecule is CC(=O)NC(=S)Nc1ccccc1N1CCN(S(C)(=O)=O)CC1. The van der Waals surface area contributed by atoms with Crippen LogP contribution in [0.25, 0.3) is 0 Å². The van der Waals surface area contributed by atoms with E-state index in [0.717, 1.165) is 11.4 Å². The summed E-state index contributed by atoms with van der Waals surface area (Å²) in [6.45, 7) is 3.48. The minimum absolute atomic E-state index is 0.234. The molecule has 9 heteroatoms. The molecule has 0 spiro atoms. The Balaban J connectivity index is 2.09. The molecule has 1 heterocycles. The van der Waals surface area contributed by atoms with Gasteiger partial charge in [0.1, 0.15) is 0 Å². The van der Waals surface area contributed by atoms with Gasteiger partial charge in [-0.25, -0.2) is 8.42 Å². The van der Waals surface area contributed by atoms with Gasteiger partial charge in [0.25, 0.3) is 0 Å². The molecule has 7 nitrogen and oxygen atoms in total. The predicted octanol–water partition coefficient (Wildman–Crippen LogP) is 0.601. The highest BCUT2D eigenvalue weighted by molar-refractivity contribution is 7.88. The van der Waals surface area contributed by atoms with Crippen molar-refractivity contribution >= 4 is 44.6 Å². The Morgan fingerprint density at radius 2 is 1.78 bits per heavy atom. The molecule has 2 N–H and O–H groups in total. The largest absolute Gasteiger partial charge is 0.367 e. The second-order valence-electron chi connectivity index (χ2n) is 5.30. The summed E-state index contributed by atoms with van der Waals surface area (Å²) in [4.78, 5) is 13.1. The number of hydrogen-bond donors (Lipinski definition) is 2. The van der Waals surface area contributed by atoms with E-state index in [-0.39, 0.29) is 11.0 Å². The summed E-state index contributed by atoms with van der Waals surface area (Å²) >= 11 is 5.09. The first-order valence-electron chi connectivity index (χ1n) is 7.15. The predicted molar refractivity (Wildman–Crippen MR) is 95.1 cm³/mol. The van der Waals surface area contributed by atoms with Gasteiger partial charge in [0.15, 0.2) is 5.11 Å². The van der Waals surface area contributed by atoms with E-state index in [1.165, 1.54) is 17.5 Å². The number of para-hydroxylation sites is 2. The van der Waals surface area contributed by atoms with Gasteiger partial charge >= 0.3 is 0 Å². The number of carbonyl (C=O) groups excluding carboxylic acids is 1. The van der Waals surface area contributed by atoms with Crippen LogP contribution >= 0.6 is 12.2 Å². The fraction of sp³-hybridized carbons (Fsp3) is 0.429. The molecule has 0 aromatic heterocycles. The molecule has 1 fully saturated rings. The second-order valence-corrected chi connectivity index (χ2v) is 7.69. The van der Waals surface area contributed by atoms with Crippen LogP contribution in [0, 0.1) is 0 Å². The molecule has 0 atom stereocenters. The van der Waals surface area contributed by atoms with Gasteiger partial charge in [-0.15, -0.1) is 0 Å². The average Bonchev–Trinajstić information content (AvgIpc) is 2.46. The molecular formula is C14H20N4O3S2. The van der Waals surface area contributed by atoms with Gasteiger partial charge in [0, 0.05) is 33.1 Å². The van der Waals surface area contributed by atoms with Gasteiger partial charge in [-0.2, -0.15) is 4.31 Å². The standard InChI is InChI=1S/C14H20N4O3S2/c1-11(19)15-14(22)16-12-5-3-4-6-13(12)17-7-9-18(10-8-17)23(2,20)21/h3-6H,7-10H2,1-2H3,(H2,15,16,19,22). The minimum Gasteiger partial charge on any atom is -0.367 e. The molecule has 0 bridgehead atoms. The molecule has 23 heavy (non-hydrogen) atoms. The highest BCUT2D eigenvalue weighted by atomic mass is 32.2. The lowest BCUT2D eigenvalue weighted by molar-refractivity contribution is -0.117. The van der Waals surface area contributed by atoms with Crippen LogP contribution in [0.2, 0.25) is 0 Å². The van der Waals surface area contributed by atoms with Crippen LogP contribution < -0.4 is 15.5 Å². The third kappa shape index (κ3) is 4.88. The maximum Gasteiger partial charge on any atom is 0.222 e.